The number of rotatable bonds is 46. The van der Waals surface area contributed by atoms with Crippen molar-refractivity contribution in [1.29, 1.82) is 0 Å². The van der Waals surface area contributed by atoms with Gasteiger partial charge in [-0.2, -0.15) is 0 Å². The van der Waals surface area contributed by atoms with Gasteiger partial charge in [-0.3, -0.25) is 9.59 Å². The summed E-state index contributed by atoms with van der Waals surface area (Å²) in [6.07, 6.45) is 58.3. The van der Waals surface area contributed by atoms with Crippen molar-refractivity contribution >= 4 is 11.9 Å². The van der Waals surface area contributed by atoms with Crippen LogP contribution in [0.25, 0.3) is 0 Å². The number of allylic oxidation sites excluding steroid dienone is 4. The maximum absolute atomic E-state index is 12.0. The van der Waals surface area contributed by atoms with Crippen LogP contribution in [0, 0.1) is 0 Å². The first-order valence-electron chi connectivity index (χ1n) is 24.9. The van der Waals surface area contributed by atoms with Gasteiger partial charge >= 0.3 is 11.9 Å². The zero-order valence-electron chi connectivity index (χ0n) is 37.7. The summed E-state index contributed by atoms with van der Waals surface area (Å²) in [7, 11) is 0. The van der Waals surface area contributed by atoms with Crippen molar-refractivity contribution in [3.63, 3.8) is 0 Å². The van der Waals surface area contributed by atoms with Crippen LogP contribution in [0.4, 0.5) is 0 Å². The van der Waals surface area contributed by atoms with Gasteiger partial charge in [0.25, 0.3) is 0 Å². The van der Waals surface area contributed by atoms with Crippen LogP contribution >= 0.6 is 0 Å². The van der Waals surface area contributed by atoms with E-state index in [1.807, 2.05) is 0 Å². The molecule has 0 amide bonds. The standard InChI is InChI=1S/C51H96O5/c1-3-5-7-9-11-13-15-17-19-21-23-25-27-29-31-33-35-37-39-41-43-45-50(53)55-47-49(52)48-56-51(54)46-44-42-40-38-36-34-32-30-28-26-24-22-20-18-16-14-12-10-8-6-4-2/h17-20,49,52H,3-16,21-48H2,1-2H3. The van der Waals surface area contributed by atoms with Gasteiger partial charge in [-0.05, 0) is 64.2 Å². The first-order chi connectivity index (χ1) is 27.6. The van der Waals surface area contributed by atoms with E-state index in [-0.39, 0.29) is 25.2 Å². The van der Waals surface area contributed by atoms with Gasteiger partial charge in [-0.25, -0.2) is 0 Å². The number of aliphatic hydroxyl groups excluding tert-OH is 1. The smallest absolute Gasteiger partial charge is 0.305 e. The topological polar surface area (TPSA) is 72.8 Å². The molecular weight excluding hydrogens is 693 g/mol. The zero-order valence-corrected chi connectivity index (χ0v) is 37.7. The van der Waals surface area contributed by atoms with Crippen LogP contribution in [0.1, 0.15) is 271 Å². The van der Waals surface area contributed by atoms with Crippen molar-refractivity contribution in [2.24, 2.45) is 0 Å². The van der Waals surface area contributed by atoms with Crippen LogP contribution in [0.3, 0.4) is 0 Å². The highest BCUT2D eigenvalue weighted by atomic mass is 16.6. The van der Waals surface area contributed by atoms with Crippen molar-refractivity contribution in [2.45, 2.75) is 277 Å². The van der Waals surface area contributed by atoms with E-state index in [2.05, 4.69) is 38.2 Å². The van der Waals surface area contributed by atoms with Gasteiger partial charge in [0.15, 0.2) is 0 Å². The number of carbonyl (C=O) groups is 2. The third-order valence-corrected chi connectivity index (χ3v) is 11.2. The fourth-order valence-corrected chi connectivity index (χ4v) is 7.37. The Bertz CT molecular complexity index is 783. The lowest BCUT2D eigenvalue weighted by atomic mass is 10.0. The minimum atomic E-state index is -0.962. The third-order valence-electron chi connectivity index (χ3n) is 11.2. The highest BCUT2D eigenvalue weighted by molar-refractivity contribution is 5.69. The van der Waals surface area contributed by atoms with E-state index in [1.54, 1.807) is 0 Å². The van der Waals surface area contributed by atoms with E-state index in [1.165, 1.54) is 205 Å². The van der Waals surface area contributed by atoms with Crippen molar-refractivity contribution in [3.8, 4) is 0 Å². The van der Waals surface area contributed by atoms with Crippen LogP contribution < -0.4 is 0 Å². The Morgan fingerprint density at radius 2 is 0.571 bits per heavy atom. The second-order valence-corrected chi connectivity index (χ2v) is 16.9. The average molecular weight is 789 g/mol. The molecule has 0 aromatic rings. The Morgan fingerprint density at radius 3 is 0.821 bits per heavy atom. The molecule has 330 valence electrons. The van der Waals surface area contributed by atoms with Crippen LogP contribution in [-0.2, 0) is 19.1 Å². The predicted octanol–water partition coefficient (Wildman–Crippen LogP) is 16.2. The summed E-state index contributed by atoms with van der Waals surface area (Å²) in [5.74, 6) is -0.554. The lowest BCUT2D eigenvalue weighted by Gasteiger charge is -2.12. The second kappa shape index (κ2) is 47.8. The Hall–Kier alpha value is -1.62. The number of ether oxygens (including phenoxy) is 2. The first-order valence-corrected chi connectivity index (χ1v) is 24.9. The van der Waals surface area contributed by atoms with Gasteiger partial charge in [0.05, 0.1) is 0 Å². The van der Waals surface area contributed by atoms with Gasteiger partial charge in [-0.15, -0.1) is 0 Å². The largest absolute Gasteiger partial charge is 0.463 e. The van der Waals surface area contributed by atoms with Gasteiger partial charge in [0, 0.05) is 12.8 Å². The minimum Gasteiger partial charge on any atom is -0.463 e. The number of unbranched alkanes of at least 4 members (excludes halogenated alkanes) is 34. The molecule has 0 fully saturated rings. The highest BCUT2D eigenvalue weighted by Gasteiger charge is 2.12. The van der Waals surface area contributed by atoms with Crippen molar-refractivity contribution in [1.82, 2.24) is 0 Å². The van der Waals surface area contributed by atoms with E-state index in [0.29, 0.717) is 12.8 Å². The molecule has 0 rings (SSSR count). The summed E-state index contributed by atoms with van der Waals surface area (Å²) in [4.78, 5) is 24.1. The minimum absolute atomic E-state index is 0.112. The van der Waals surface area contributed by atoms with Crippen molar-refractivity contribution < 1.29 is 24.2 Å². The van der Waals surface area contributed by atoms with E-state index >= 15 is 0 Å². The summed E-state index contributed by atoms with van der Waals surface area (Å²) in [5.41, 5.74) is 0. The third kappa shape index (κ3) is 46.8. The Kier molecular flexibility index (Phi) is 46.4. The molecule has 0 saturated carbocycles. The van der Waals surface area contributed by atoms with Crippen LogP contribution in [0.2, 0.25) is 0 Å². The normalized spacial score (nSPS) is 12.3. The summed E-state index contributed by atoms with van der Waals surface area (Å²) in [6.45, 7) is 4.33. The fraction of sp³-hybridized carbons (Fsp3) is 0.882. The zero-order chi connectivity index (χ0) is 40.7. The van der Waals surface area contributed by atoms with Crippen LogP contribution in [0.15, 0.2) is 24.3 Å². The molecular formula is C51H96O5. The molecule has 0 atom stereocenters. The maximum Gasteiger partial charge on any atom is 0.305 e. The lowest BCUT2D eigenvalue weighted by Crippen LogP contribution is -2.25. The Labute approximate surface area is 349 Å². The SMILES string of the molecule is CCCCCCCCC=CCCCCCCCCCCCCCC(=O)OCC(O)COC(=O)CCCCCCCCCCCCCC=CCCCCCCCC. The fourth-order valence-electron chi connectivity index (χ4n) is 7.37. The molecule has 1 N–H and O–H groups in total. The molecule has 0 aromatic carbocycles. The Morgan fingerprint density at radius 1 is 0.357 bits per heavy atom. The molecule has 0 aliphatic rings. The summed E-state index contributed by atoms with van der Waals surface area (Å²) < 4.78 is 10.4. The maximum atomic E-state index is 12.0. The van der Waals surface area contributed by atoms with Gasteiger partial charge in [-0.1, -0.05) is 218 Å². The molecule has 0 radical (unpaired) electrons. The van der Waals surface area contributed by atoms with E-state index < -0.39 is 6.10 Å². The average Bonchev–Trinajstić information content (AvgIpc) is 3.20. The van der Waals surface area contributed by atoms with Gasteiger partial charge in [0.2, 0.25) is 0 Å². The highest BCUT2D eigenvalue weighted by Crippen LogP contribution is 2.15. The number of hydrogen-bond donors (Lipinski definition) is 1. The lowest BCUT2D eigenvalue weighted by molar-refractivity contribution is -0.152. The summed E-state index contributed by atoms with van der Waals surface area (Å²) in [5, 5.41) is 10.1. The molecule has 0 aliphatic carbocycles. The predicted molar refractivity (Wildman–Crippen MR) is 242 cm³/mol. The molecule has 56 heavy (non-hydrogen) atoms. The van der Waals surface area contributed by atoms with Crippen LogP contribution in [0.5, 0.6) is 0 Å². The molecule has 5 heteroatoms. The van der Waals surface area contributed by atoms with Crippen LogP contribution in [-0.4, -0.2) is 36.4 Å². The Balaban J connectivity index is 3.37. The number of hydrogen-bond acceptors (Lipinski definition) is 5. The van der Waals surface area contributed by atoms with E-state index in [4.69, 9.17) is 9.47 Å². The molecule has 0 spiro atoms. The molecule has 0 bridgehead atoms. The van der Waals surface area contributed by atoms with Crippen molar-refractivity contribution in [2.75, 3.05) is 13.2 Å². The van der Waals surface area contributed by atoms with Gasteiger partial charge < -0.3 is 14.6 Å². The quantitative estimate of drug-likeness (QED) is 0.0378. The molecule has 5 nitrogen and oxygen atoms in total. The first kappa shape index (κ1) is 54.4. The van der Waals surface area contributed by atoms with Crippen molar-refractivity contribution in [3.05, 3.63) is 24.3 Å². The number of carbonyl (C=O) groups excluding carboxylic acids is 2. The molecule has 0 unspecified atom stereocenters. The monoisotopic (exact) mass is 789 g/mol. The molecule has 0 aliphatic heterocycles. The molecule has 0 aromatic heterocycles. The van der Waals surface area contributed by atoms with Gasteiger partial charge in [0.1, 0.15) is 19.3 Å². The summed E-state index contributed by atoms with van der Waals surface area (Å²) in [6, 6.07) is 0. The van der Waals surface area contributed by atoms with E-state index in [9.17, 15) is 14.7 Å². The number of esters is 2. The molecule has 0 heterocycles. The molecule has 0 saturated heterocycles. The number of aliphatic hydroxyl groups is 1. The second-order valence-electron chi connectivity index (χ2n) is 16.9. The van der Waals surface area contributed by atoms with E-state index in [0.717, 1.165) is 38.5 Å². The summed E-state index contributed by atoms with van der Waals surface area (Å²) >= 11 is 0.